The fourth-order valence-electron chi connectivity index (χ4n) is 4.00. The first-order chi connectivity index (χ1) is 13.0. The third-order valence-electron chi connectivity index (χ3n) is 5.70. The second-order valence-electron chi connectivity index (χ2n) is 8.12. The molecule has 5 nitrogen and oxygen atoms in total. The lowest BCUT2D eigenvalue weighted by Crippen LogP contribution is -2.24. The van der Waals surface area contributed by atoms with Crippen molar-refractivity contribution in [2.45, 2.75) is 109 Å². The van der Waals surface area contributed by atoms with Gasteiger partial charge < -0.3 is 14.6 Å². The normalized spacial score (nSPS) is 27.6. The molecule has 2 rings (SSSR count). The van der Waals surface area contributed by atoms with Gasteiger partial charge in [-0.05, 0) is 39.2 Å². The fourth-order valence-corrected chi connectivity index (χ4v) is 4.00. The molecular weight excluding hydrogens is 344 g/mol. The number of aliphatic hydroxyl groups is 1. The third kappa shape index (κ3) is 7.28. The molecular formula is C22H36O5. The van der Waals surface area contributed by atoms with Crippen LogP contribution in [0.2, 0.25) is 0 Å². The van der Waals surface area contributed by atoms with Crippen LogP contribution in [0.3, 0.4) is 0 Å². The molecule has 1 N–H and O–H groups in total. The van der Waals surface area contributed by atoms with Crippen LogP contribution < -0.4 is 0 Å². The van der Waals surface area contributed by atoms with Gasteiger partial charge in [-0.15, -0.1) is 0 Å². The van der Waals surface area contributed by atoms with Crippen molar-refractivity contribution < 1.29 is 24.2 Å². The van der Waals surface area contributed by atoms with Gasteiger partial charge in [0.15, 0.2) is 0 Å². The number of carbonyl (C=O) groups is 2. The average Bonchev–Trinajstić information content (AvgIpc) is 3.07. The Balaban J connectivity index is 1.35. The maximum Gasteiger partial charge on any atom is 0.334 e. The minimum atomic E-state index is -0.628. The van der Waals surface area contributed by atoms with Gasteiger partial charge in [0, 0.05) is 5.57 Å². The van der Waals surface area contributed by atoms with E-state index in [0.717, 1.165) is 37.7 Å². The third-order valence-corrected chi connectivity index (χ3v) is 5.70. The lowest BCUT2D eigenvalue weighted by molar-refractivity contribution is -0.144. The predicted molar refractivity (Wildman–Crippen MR) is 104 cm³/mol. The predicted octanol–water partition coefficient (Wildman–Crippen LogP) is 4.46. The largest absolute Gasteiger partial charge is 0.460 e. The molecule has 154 valence electrons. The lowest BCUT2D eigenvalue weighted by atomic mass is 9.95. The number of rotatable bonds is 13. The van der Waals surface area contributed by atoms with E-state index in [9.17, 15) is 14.7 Å². The highest BCUT2D eigenvalue weighted by molar-refractivity contribution is 5.90. The number of cyclic esters (lactones) is 2. The summed E-state index contributed by atoms with van der Waals surface area (Å²) in [6.45, 7) is 3.65. The number of unbranched alkanes of at least 4 members (excludes halogenated alkanes) is 9. The summed E-state index contributed by atoms with van der Waals surface area (Å²) < 4.78 is 10.2. The molecule has 0 saturated carbocycles. The van der Waals surface area contributed by atoms with E-state index in [2.05, 4.69) is 0 Å². The summed E-state index contributed by atoms with van der Waals surface area (Å²) in [6, 6.07) is 0. The monoisotopic (exact) mass is 380 g/mol. The number of carbonyl (C=O) groups excluding carboxylic acids is 2. The van der Waals surface area contributed by atoms with Crippen LogP contribution >= 0.6 is 0 Å². The zero-order valence-corrected chi connectivity index (χ0v) is 17.0. The van der Waals surface area contributed by atoms with Crippen LogP contribution in [0.25, 0.3) is 0 Å². The summed E-state index contributed by atoms with van der Waals surface area (Å²) in [7, 11) is 0. The molecule has 0 radical (unpaired) electrons. The topological polar surface area (TPSA) is 72.8 Å². The number of esters is 2. The quantitative estimate of drug-likeness (QED) is 0.377. The molecule has 0 amide bonds. The lowest BCUT2D eigenvalue weighted by Gasteiger charge is -2.11. The molecule has 4 unspecified atom stereocenters. The van der Waals surface area contributed by atoms with Crippen LogP contribution in [0, 0.1) is 5.92 Å². The van der Waals surface area contributed by atoms with Crippen LogP contribution in [0.5, 0.6) is 0 Å². The molecule has 0 spiro atoms. The zero-order chi connectivity index (χ0) is 19.6. The molecule has 2 heterocycles. The fraction of sp³-hybridized carbons (Fsp3) is 0.818. The molecule has 1 saturated heterocycles. The Labute approximate surface area is 163 Å². The highest BCUT2D eigenvalue weighted by Crippen LogP contribution is 2.26. The van der Waals surface area contributed by atoms with E-state index in [1.54, 1.807) is 6.92 Å². The van der Waals surface area contributed by atoms with Gasteiger partial charge in [0.05, 0.1) is 5.92 Å². The molecule has 2 aliphatic rings. The Morgan fingerprint density at radius 1 is 0.852 bits per heavy atom. The Morgan fingerprint density at radius 2 is 1.41 bits per heavy atom. The van der Waals surface area contributed by atoms with Gasteiger partial charge in [0.1, 0.15) is 18.3 Å². The minimum absolute atomic E-state index is 0.0480. The molecule has 2 aliphatic heterocycles. The van der Waals surface area contributed by atoms with Crippen LogP contribution in [-0.2, 0) is 19.1 Å². The van der Waals surface area contributed by atoms with Crippen molar-refractivity contribution in [2.24, 2.45) is 5.92 Å². The first-order valence-corrected chi connectivity index (χ1v) is 10.8. The minimum Gasteiger partial charge on any atom is -0.460 e. The standard InChI is InChI=1S/C22H36O5/c1-16-15-18(21(24)26-16)13-11-9-7-5-3-4-6-8-10-12-14-19-20(23)17(2)27-22(19)25/h15-17,19-20,23H,3-14H2,1-2H3. The van der Waals surface area contributed by atoms with E-state index in [1.807, 2.05) is 13.0 Å². The van der Waals surface area contributed by atoms with Crippen LogP contribution in [-0.4, -0.2) is 35.4 Å². The SMILES string of the molecule is CC1C=C(CCCCCCCCCCCCC2C(=O)OC(C)C2O)C(=O)O1. The van der Waals surface area contributed by atoms with Crippen molar-refractivity contribution in [3.63, 3.8) is 0 Å². The van der Waals surface area contributed by atoms with Gasteiger partial charge in [0.2, 0.25) is 0 Å². The smallest absolute Gasteiger partial charge is 0.334 e. The molecule has 27 heavy (non-hydrogen) atoms. The van der Waals surface area contributed by atoms with E-state index in [4.69, 9.17) is 9.47 Å². The van der Waals surface area contributed by atoms with Crippen LogP contribution in [0.15, 0.2) is 11.6 Å². The number of hydrogen-bond acceptors (Lipinski definition) is 5. The van der Waals surface area contributed by atoms with Crippen LogP contribution in [0.1, 0.15) is 90.9 Å². The summed E-state index contributed by atoms with van der Waals surface area (Å²) in [5.41, 5.74) is 0.857. The van der Waals surface area contributed by atoms with Crippen molar-refractivity contribution in [3.05, 3.63) is 11.6 Å². The van der Waals surface area contributed by atoms with Crippen LogP contribution in [0.4, 0.5) is 0 Å². The average molecular weight is 381 g/mol. The van der Waals surface area contributed by atoms with Crippen molar-refractivity contribution in [3.8, 4) is 0 Å². The molecule has 0 aromatic rings. The first kappa shape index (κ1) is 21.9. The maximum atomic E-state index is 11.6. The summed E-state index contributed by atoms with van der Waals surface area (Å²) in [5.74, 6) is -0.674. The number of hydrogen-bond donors (Lipinski definition) is 1. The summed E-state index contributed by atoms with van der Waals surface area (Å²) in [5, 5.41) is 9.90. The molecule has 0 aromatic heterocycles. The molecule has 5 heteroatoms. The Kier molecular flexibility index (Phi) is 9.32. The van der Waals surface area contributed by atoms with Gasteiger partial charge in [-0.3, -0.25) is 4.79 Å². The zero-order valence-electron chi connectivity index (χ0n) is 17.0. The number of ether oxygens (including phenoxy) is 2. The highest BCUT2D eigenvalue weighted by Gasteiger charge is 2.40. The van der Waals surface area contributed by atoms with Crippen molar-refractivity contribution in [2.75, 3.05) is 0 Å². The maximum absolute atomic E-state index is 11.6. The Bertz CT molecular complexity index is 513. The van der Waals surface area contributed by atoms with Gasteiger partial charge in [-0.2, -0.15) is 0 Å². The molecule has 0 aromatic carbocycles. The van der Waals surface area contributed by atoms with E-state index >= 15 is 0 Å². The Hall–Kier alpha value is -1.36. The summed E-state index contributed by atoms with van der Waals surface area (Å²) in [6.07, 6.45) is 14.3. The first-order valence-electron chi connectivity index (χ1n) is 10.8. The Morgan fingerprint density at radius 3 is 1.89 bits per heavy atom. The van der Waals surface area contributed by atoms with Gasteiger partial charge in [-0.1, -0.05) is 57.8 Å². The van der Waals surface area contributed by atoms with E-state index in [0.29, 0.717) is 0 Å². The van der Waals surface area contributed by atoms with E-state index in [-0.39, 0.29) is 30.1 Å². The second-order valence-corrected chi connectivity index (χ2v) is 8.12. The van der Waals surface area contributed by atoms with Crippen molar-refractivity contribution in [1.82, 2.24) is 0 Å². The number of aliphatic hydroxyl groups excluding tert-OH is 1. The van der Waals surface area contributed by atoms with Gasteiger partial charge in [0.25, 0.3) is 0 Å². The van der Waals surface area contributed by atoms with E-state index < -0.39 is 6.10 Å². The van der Waals surface area contributed by atoms with Crippen molar-refractivity contribution in [1.29, 1.82) is 0 Å². The molecule has 4 atom stereocenters. The summed E-state index contributed by atoms with van der Waals surface area (Å²) in [4.78, 5) is 23.1. The second kappa shape index (κ2) is 11.5. The molecule has 1 fully saturated rings. The van der Waals surface area contributed by atoms with Crippen molar-refractivity contribution >= 4 is 11.9 Å². The van der Waals surface area contributed by atoms with Gasteiger partial charge >= 0.3 is 11.9 Å². The molecule has 0 bridgehead atoms. The summed E-state index contributed by atoms with van der Waals surface area (Å²) >= 11 is 0. The van der Waals surface area contributed by atoms with E-state index in [1.165, 1.54) is 44.9 Å². The highest BCUT2D eigenvalue weighted by atomic mass is 16.6. The molecule has 0 aliphatic carbocycles. The van der Waals surface area contributed by atoms with Gasteiger partial charge in [-0.25, -0.2) is 4.79 Å².